The molecular formula is C11H25BrMgOSi. The van der Waals surface area contributed by atoms with E-state index in [9.17, 15) is 0 Å². The van der Waals surface area contributed by atoms with Crippen molar-refractivity contribution >= 4 is 31.4 Å². The minimum atomic E-state index is -1.60. The van der Waals surface area contributed by atoms with Crippen molar-refractivity contribution in [2.45, 2.75) is 64.8 Å². The topological polar surface area (TPSA) is 9.23 Å². The molecule has 0 heterocycles. The fourth-order valence-corrected chi connectivity index (χ4v) is 2.68. The largest absolute Gasteiger partial charge is 2.00 e. The molecule has 0 aliphatic carbocycles. The first-order valence-corrected chi connectivity index (χ1v) is 7.92. The van der Waals surface area contributed by atoms with Crippen LogP contribution < -0.4 is 17.0 Å². The third-order valence-corrected chi connectivity index (χ3v) is 7.61. The molecule has 4 heteroatoms. The van der Waals surface area contributed by atoms with E-state index >= 15 is 0 Å². The first kappa shape index (κ1) is 21.7. The molecule has 0 aliphatic heterocycles. The van der Waals surface area contributed by atoms with Gasteiger partial charge in [-0.1, -0.05) is 20.8 Å². The summed E-state index contributed by atoms with van der Waals surface area (Å²) in [4.78, 5) is 0. The Hall–Kier alpha value is 1.42. The van der Waals surface area contributed by atoms with Gasteiger partial charge in [0.25, 0.3) is 0 Å². The molecule has 0 spiro atoms. The Morgan fingerprint density at radius 1 is 1.07 bits per heavy atom. The van der Waals surface area contributed by atoms with Crippen molar-refractivity contribution in [2.24, 2.45) is 0 Å². The van der Waals surface area contributed by atoms with Crippen LogP contribution in [-0.2, 0) is 4.43 Å². The van der Waals surface area contributed by atoms with Crippen LogP contribution in [0.1, 0.15) is 41.0 Å². The third kappa shape index (κ3) is 7.37. The second-order valence-electron chi connectivity index (χ2n) is 5.87. The summed E-state index contributed by atoms with van der Waals surface area (Å²) in [5, 5.41) is 0.291. The van der Waals surface area contributed by atoms with Gasteiger partial charge >= 0.3 is 23.1 Å². The molecule has 0 saturated carbocycles. The van der Waals surface area contributed by atoms with Crippen LogP contribution >= 0.6 is 0 Å². The van der Waals surface area contributed by atoms with Crippen LogP contribution in [0.3, 0.4) is 0 Å². The molecule has 0 rings (SSSR count). The van der Waals surface area contributed by atoms with Gasteiger partial charge in [0.1, 0.15) is 0 Å². The summed E-state index contributed by atoms with van der Waals surface area (Å²) in [5.74, 6) is 0. The molecule has 0 amide bonds. The first-order valence-electron chi connectivity index (χ1n) is 5.01. The predicted molar refractivity (Wildman–Crippen MR) is 68.1 cm³/mol. The molecule has 0 aromatic carbocycles. The molecule has 0 aromatic rings. The second-order valence-corrected chi connectivity index (χ2v) is 10.6. The molecule has 0 N–H and O–H groups in total. The Bertz CT molecular complexity index is 176. The van der Waals surface area contributed by atoms with Crippen LogP contribution in [0.15, 0.2) is 0 Å². The van der Waals surface area contributed by atoms with Gasteiger partial charge in [0.15, 0.2) is 8.32 Å². The molecule has 0 saturated heterocycles. The van der Waals surface area contributed by atoms with E-state index in [1.807, 2.05) is 0 Å². The molecule has 0 fully saturated rings. The molecule has 0 aliphatic rings. The molecule has 0 bridgehead atoms. The van der Waals surface area contributed by atoms with E-state index in [-0.39, 0.29) is 45.6 Å². The maximum atomic E-state index is 6.22. The van der Waals surface area contributed by atoms with E-state index in [2.05, 4.69) is 54.6 Å². The number of hydrogen-bond acceptors (Lipinski definition) is 1. The van der Waals surface area contributed by atoms with Crippen molar-refractivity contribution < 1.29 is 21.4 Å². The average molecular weight is 306 g/mol. The normalized spacial score (nSPS) is 12.8. The van der Waals surface area contributed by atoms with Gasteiger partial charge in [-0.25, -0.2) is 0 Å². The minimum Gasteiger partial charge on any atom is -1.00 e. The van der Waals surface area contributed by atoms with Gasteiger partial charge in [-0.15, -0.1) is 0 Å². The third-order valence-electron chi connectivity index (χ3n) is 2.94. The Morgan fingerprint density at radius 2 is 1.40 bits per heavy atom. The SMILES string of the molecule is [Br-].[CH2-]CC(C)(C)O[Si](C)(C)C(C)(C)C.[Mg+2]. The van der Waals surface area contributed by atoms with E-state index < -0.39 is 8.32 Å². The molecule has 1 nitrogen and oxygen atoms in total. The minimum absolute atomic E-state index is 0. The quantitative estimate of drug-likeness (QED) is 0.549. The number of rotatable bonds is 3. The Kier molecular flexibility index (Phi) is 10.1. The zero-order chi connectivity index (χ0) is 10.9. The Morgan fingerprint density at radius 3 is 1.60 bits per heavy atom. The zero-order valence-corrected chi connectivity index (χ0v) is 15.4. The number of hydrogen-bond donors (Lipinski definition) is 0. The van der Waals surface area contributed by atoms with Crippen LogP contribution in [0, 0.1) is 6.92 Å². The van der Waals surface area contributed by atoms with Gasteiger partial charge in [-0.2, -0.15) is 6.42 Å². The van der Waals surface area contributed by atoms with Gasteiger partial charge in [0.05, 0.1) is 0 Å². The maximum absolute atomic E-state index is 6.22. The van der Waals surface area contributed by atoms with E-state index in [4.69, 9.17) is 4.43 Å². The standard InChI is InChI=1S/C11H25OSi.BrH.Mg/c1-9-11(5,6)12-13(7,8)10(2,3)4;;/h1,9H2,2-8H3;1H;/q-1;;+2/p-1. The van der Waals surface area contributed by atoms with Gasteiger partial charge in [-0.05, 0) is 32.0 Å². The smallest absolute Gasteiger partial charge is 1.00 e. The van der Waals surface area contributed by atoms with Crippen LogP contribution in [0.2, 0.25) is 18.1 Å². The fourth-order valence-electron chi connectivity index (χ4n) is 0.895. The summed E-state index contributed by atoms with van der Waals surface area (Å²) in [7, 11) is -1.60. The summed E-state index contributed by atoms with van der Waals surface area (Å²) < 4.78 is 6.22. The second kappa shape index (κ2) is 6.99. The van der Waals surface area contributed by atoms with Gasteiger partial charge in [0.2, 0.25) is 0 Å². The predicted octanol–water partition coefficient (Wildman–Crippen LogP) is 0.634. The zero-order valence-electron chi connectivity index (χ0n) is 11.4. The summed E-state index contributed by atoms with van der Waals surface area (Å²) in [6.45, 7) is 19.5. The maximum Gasteiger partial charge on any atom is 2.00 e. The summed E-state index contributed by atoms with van der Waals surface area (Å²) in [6, 6.07) is 0. The van der Waals surface area contributed by atoms with Crippen LogP contribution in [-0.4, -0.2) is 37.0 Å². The Balaban J connectivity index is -0.000000720. The van der Waals surface area contributed by atoms with E-state index in [0.29, 0.717) is 5.04 Å². The summed E-state index contributed by atoms with van der Waals surface area (Å²) in [6.07, 6.45) is 0.833. The van der Waals surface area contributed by atoms with E-state index in [1.165, 1.54) is 0 Å². The molecule has 0 atom stereocenters. The molecule has 0 radical (unpaired) electrons. The van der Waals surface area contributed by atoms with Crippen molar-refractivity contribution in [3.05, 3.63) is 6.92 Å². The summed E-state index contributed by atoms with van der Waals surface area (Å²) in [5.41, 5.74) is -0.0665. The van der Waals surface area contributed by atoms with Gasteiger partial charge in [0, 0.05) is 5.60 Å². The monoisotopic (exact) mass is 304 g/mol. The first-order chi connectivity index (χ1) is 5.52. The van der Waals surface area contributed by atoms with Gasteiger partial charge in [-0.3, -0.25) is 0 Å². The molecule has 0 unspecified atom stereocenters. The van der Waals surface area contributed by atoms with Crippen molar-refractivity contribution in [1.29, 1.82) is 0 Å². The molecule has 15 heavy (non-hydrogen) atoms. The molecule has 88 valence electrons. The van der Waals surface area contributed by atoms with Crippen molar-refractivity contribution in [3.8, 4) is 0 Å². The van der Waals surface area contributed by atoms with E-state index in [1.54, 1.807) is 0 Å². The molecular weight excluding hydrogens is 280 g/mol. The van der Waals surface area contributed by atoms with E-state index in [0.717, 1.165) is 6.42 Å². The van der Waals surface area contributed by atoms with Crippen LogP contribution in [0.5, 0.6) is 0 Å². The van der Waals surface area contributed by atoms with Crippen LogP contribution in [0.4, 0.5) is 0 Å². The summed E-state index contributed by atoms with van der Waals surface area (Å²) >= 11 is 0. The Labute approximate surface area is 124 Å². The van der Waals surface area contributed by atoms with Crippen LogP contribution in [0.25, 0.3) is 0 Å². The molecule has 0 aromatic heterocycles. The number of halogens is 1. The van der Waals surface area contributed by atoms with Crippen molar-refractivity contribution in [3.63, 3.8) is 0 Å². The van der Waals surface area contributed by atoms with Crippen molar-refractivity contribution in [1.82, 2.24) is 0 Å². The van der Waals surface area contributed by atoms with Gasteiger partial charge < -0.3 is 28.3 Å². The average Bonchev–Trinajstić information content (AvgIpc) is 1.83. The van der Waals surface area contributed by atoms with Crippen molar-refractivity contribution in [2.75, 3.05) is 0 Å². The fraction of sp³-hybridized carbons (Fsp3) is 0.909.